The van der Waals surface area contributed by atoms with Crippen LogP contribution >= 0.6 is 46.4 Å². The monoisotopic (exact) mass is 309 g/mol. The molecule has 1 aliphatic heterocycles. The Morgan fingerprint density at radius 2 is 1.47 bits per heavy atom. The van der Waals surface area contributed by atoms with Gasteiger partial charge in [0.25, 0.3) is 11.8 Å². The van der Waals surface area contributed by atoms with Gasteiger partial charge in [-0.25, -0.2) is 4.90 Å². The van der Waals surface area contributed by atoms with Gasteiger partial charge in [0.1, 0.15) is 5.03 Å². The third kappa shape index (κ3) is 2.16. The molecule has 1 aromatic carbocycles. The van der Waals surface area contributed by atoms with Crippen LogP contribution in [0.4, 0.5) is 5.69 Å². The molecule has 0 atom stereocenters. The molecule has 0 saturated heterocycles. The summed E-state index contributed by atoms with van der Waals surface area (Å²) < 4.78 is 0. The number of carbonyl (C=O) groups excluding carboxylic acids is 2. The van der Waals surface area contributed by atoms with E-state index in [9.17, 15) is 9.59 Å². The zero-order valence-electron chi connectivity index (χ0n) is 8.01. The predicted octanol–water partition coefficient (Wildman–Crippen LogP) is 3.64. The highest BCUT2D eigenvalue weighted by molar-refractivity contribution is 6.53. The fourth-order valence-electron chi connectivity index (χ4n) is 1.40. The molecule has 0 spiro atoms. The van der Waals surface area contributed by atoms with Crippen molar-refractivity contribution in [1.29, 1.82) is 0 Å². The van der Waals surface area contributed by atoms with Gasteiger partial charge in [-0.3, -0.25) is 9.59 Å². The van der Waals surface area contributed by atoms with Crippen LogP contribution in [0, 0.1) is 0 Å². The highest BCUT2D eigenvalue weighted by Crippen LogP contribution is 2.39. The smallest absolute Gasteiger partial charge is 0.269 e. The first-order chi connectivity index (χ1) is 7.91. The second-order valence-electron chi connectivity index (χ2n) is 3.19. The van der Waals surface area contributed by atoms with E-state index in [-0.39, 0.29) is 20.8 Å². The first-order valence-corrected chi connectivity index (χ1v) is 5.83. The molecule has 0 aromatic heterocycles. The van der Waals surface area contributed by atoms with Crippen molar-refractivity contribution in [2.24, 2.45) is 0 Å². The lowest BCUT2D eigenvalue weighted by Crippen LogP contribution is -2.30. The van der Waals surface area contributed by atoms with E-state index in [2.05, 4.69) is 0 Å². The maximum atomic E-state index is 11.7. The van der Waals surface area contributed by atoms with Crippen molar-refractivity contribution >= 4 is 63.9 Å². The first-order valence-electron chi connectivity index (χ1n) is 4.32. The maximum Gasteiger partial charge on any atom is 0.277 e. The fraction of sp³-hybridized carbons (Fsp3) is 0. The maximum absolute atomic E-state index is 11.7. The lowest BCUT2D eigenvalue weighted by molar-refractivity contribution is -0.120. The molecule has 1 aliphatic rings. The molecule has 0 saturated carbocycles. The molecule has 0 radical (unpaired) electrons. The second-order valence-corrected chi connectivity index (χ2v) is 4.85. The number of benzene rings is 1. The number of carbonyl (C=O) groups is 2. The van der Waals surface area contributed by atoms with Gasteiger partial charge < -0.3 is 0 Å². The number of hydrogen-bond donors (Lipinski definition) is 0. The largest absolute Gasteiger partial charge is 0.277 e. The first kappa shape index (κ1) is 12.7. The molecule has 88 valence electrons. The number of anilines is 1. The second kappa shape index (κ2) is 4.50. The Kier molecular flexibility index (Phi) is 3.36. The van der Waals surface area contributed by atoms with Gasteiger partial charge in [0.05, 0.1) is 15.7 Å². The Morgan fingerprint density at radius 1 is 0.941 bits per heavy atom. The minimum Gasteiger partial charge on any atom is -0.269 e. The lowest BCUT2D eigenvalue weighted by atomic mass is 10.3. The number of hydrogen-bond acceptors (Lipinski definition) is 2. The van der Waals surface area contributed by atoms with Crippen molar-refractivity contribution in [3.8, 4) is 0 Å². The summed E-state index contributed by atoms with van der Waals surface area (Å²) in [5, 5.41) is 0.326. The van der Waals surface area contributed by atoms with Crippen LogP contribution in [0.5, 0.6) is 0 Å². The van der Waals surface area contributed by atoms with Crippen molar-refractivity contribution in [3.05, 3.63) is 38.3 Å². The van der Waals surface area contributed by atoms with E-state index in [1.807, 2.05) is 0 Å². The minimum atomic E-state index is -0.664. The Labute approximate surface area is 116 Å². The number of nitrogens with zero attached hydrogens (tertiary/aromatic N) is 1. The van der Waals surface area contributed by atoms with E-state index < -0.39 is 11.8 Å². The van der Waals surface area contributed by atoms with Crippen molar-refractivity contribution in [3.63, 3.8) is 0 Å². The number of amides is 2. The third-order valence-electron chi connectivity index (χ3n) is 2.08. The SMILES string of the molecule is O=C1C=C(Cl)C(=O)N1c1c(Cl)cc(Cl)cc1Cl. The number of rotatable bonds is 1. The Bertz CT molecular complexity index is 544. The van der Waals surface area contributed by atoms with Crippen LogP contribution in [0.25, 0.3) is 0 Å². The zero-order chi connectivity index (χ0) is 12.7. The average molecular weight is 311 g/mol. The standard InChI is InChI=1S/C10H3Cl4NO2/c11-4-1-5(12)9(6(13)2-4)15-8(16)3-7(14)10(15)17/h1-3H. The number of halogens is 4. The van der Waals surface area contributed by atoms with Crippen LogP contribution in [0.1, 0.15) is 0 Å². The average Bonchev–Trinajstić information content (AvgIpc) is 2.43. The molecule has 0 fully saturated rings. The minimum absolute atomic E-state index is 0.0830. The van der Waals surface area contributed by atoms with E-state index in [0.29, 0.717) is 5.02 Å². The molecule has 0 unspecified atom stereocenters. The Hall–Kier alpha value is -0.740. The summed E-state index contributed by atoms with van der Waals surface area (Å²) in [6, 6.07) is 2.77. The molecule has 3 nitrogen and oxygen atoms in total. The Balaban J connectivity index is 2.57. The van der Waals surface area contributed by atoms with Crippen molar-refractivity contribution in [2.45, 2.75) is 0 Å². The van der Waals surface area contributed by atoms with Gasteiger partial charge in [0, 0.05) is 11.1 Å². The van der Waals surface area contributed by atoms with Crippen LogP contribution in [-0.4, -0.2) is 11.8 Å². The molecule has 1 heterocycles. The van der Waals surface area contributed by atoms with Gasteiger partial charge in [-0.2, -0.15) is 0 Å². The summed E-state index contributed by atoms with van der Waals surface area (Å²) in [5.41, 5.74) is 0.0830. The predicted molar refractivity (Wildman–Crippen MR) is 67.9 cm³/mol. The summed E-state index contributed by atoms with van der Waals surface area (Å²) in [5.74, 6) is -1.26. The molecular formula is C10H3Cl4NO2. The normalized spacial score (nSPS) is 15.5. The van der Waals surface area contributed by atoms with Gasteiger partial charge >= 0.3 is 0 Å². The van der Waals surface area contributed by atoms with Gasteiger partial charge in [-0.05, 0) is 12.1 Å². The lowest BCUT2D eigenvalue weighted by Gasteiger charge is -2.17. The summed E-state index contributed by atoms with van der Waals surface area (Å²) in [6.45, 7) is 0. The highest BCUT2D eigenvalue weighted by atomic mass is 35.5. The molecule has 0 bridgehead atoms. The molecule has 0 N–H and O–H groups in total. The number of imide groups is 1. The van der Waals surface area contributed by atoms with E-state index in [0.717, 1.165) is 11.0 Å². The van der Waals surface area contributed by atoms with Crippen LogP contribution in [0.15, 0.2) is 23.2 Å². The van der Waals surface area contributed by atoms with Gasteiger partial charge in [0.2, 0.25) is 0 Å². The van der Waals surface area contributed by atoms with E-state index in [4.69, 9.17) is 46.4 Å². The molecular weight excluding hydrogens is 308 g/mol. The summed E-state index contributed by atoms with van der Waals surface area (Å²) in [7, 11) is 0. The topological polar surface area (TPSA) is 37.4 Å². The van der Waals surface area contributed by atoms with Gasteiger partial charge in [-0.15, -0.1) is 0 Å². The van der Waals surface area contributed by atoms with E-state index in [1.54, 1.807) is 0 Å². The van der Waals surface area contributed by atoms with Crippen molar-refractivity contribution in [2.75, 3.05) is 4.90 Å². The molecule has 0 aliphatic carbocycles. The van der Waals surface area contributed by atoms with E-state index >= 15 is 0 Å². The van der Waals surface area contributed by atoms with Crippen LogP contribution < -0.4 is 4.90 Å². The fourth-order valence-corrected chi connectivity index (χ4v) is 2.57. The van der Waals surface area contributed by atoms with Crippen LogP contribution in [0.2, 0.25) is 15.1 Å². The highest BCUT2D eigenvalue weighted by Gasteiger charge is 2.34. The summed E-state index contributed by atoms with van der Waals surface area (Å²) >= 11 is 23.1. The third-order valence-corrected chi connectivity index (χ3v) is 3.15. The van der Waals surface area contributed by atoms with Crippen LogP contribution in [0.3, 0.4) is 0 Å². The van der Waals surface area contributed by atoms with E-state index in [1.165, 1.54) is 12.1 Å². The quantitative estimate of drug-likeness (QED) is 0.743. The summed E-state index contributed by atoms with van der Waals surface area (Å²) in [4.78, 5) is 24.0. The molecule has 2 rings (SSSR count). The Morgan fingerprint density at radius 3 is 1.88 bits per heavy atom. The molecule has 7 heteroatoms. The van der Waals surface area contributed by atoms with Crippen molar-refractivity contribution < 1.29 is 9.59 Å². The molecule has 17 heavy (non-hydrogen) atoms. The molecule has 2 amide bonds. The summed E-state index contributed by atoms with van der Waals surface area (Å²) in [6.07, 6.45) is 1.01. The van der Waals surface area contributed by atoms with Crippen LogP contribution in [-0.2, 0) is 9.59 Å². The van der Waals surface area contributed by atoms with Gasteiger partial charge in [-0.1, -0.05) is 46.4 Å². The van der Waals surface area contributed by atoms with Crippen molar-refractivity contribution in [1.82, 2.24) is 0 Å². The molecule has 1 aromatic rings. The van der Waals surface area contributed by atoms with Gasteiger partial charge in [0.15, 0.2) is 0 Å². The zero-order valence-corrected chi connectivity index (χ0v) is 11.0.